The van der Waals surface area contributed by atoms with Gasteiger partial charge in [0.2, 0.25) is 0 Å². The monoisotopic (exact) mass is 309 g/mol. The summed E-state index contributed by atoms with van der Waals surface area (Å²) in [5, 5.41) is -0.0866. The summed E-state index contributed by atoms with van der Waals surface area (Å²) in [7, 11) is -2.25. The van der Waals surface area contributed by atoms with E-state index in [2.05, 4.69) is 4.40 Å². The number of benzene rings is 2. The number of sulfonamides is 1. The number of halogens is 1. The summed E-state index contributed by atoms with van der Waals surface area (Å²) in [5.41, 5.74) is 0.506. The van der Waals surface area contributed by atoms with Gasteiger partial charge in [-0.15, -0.1) is 4.40 Å². The highest BCUT2D eigenvalue weighted by Gasteiger charge is 2.13. The van der Waals surface area contributed by atoms with Crippen molar-refractivity contribution >= 4 is 26.8 Å². The highest BCUT2D eigenvalue weighted by Crippen LogP contribution is 2.17. The molecule has 2 aromatic rings. The molecular weight excluding hydrogens is 298 g/mol. The fourth-order valence-electron chi connectivity index (χ4n) is 1.53. The highest BCUT2D eigenvalue weighted by atomic mass is 35.5. The maximum absolute atomic E-state index is 12.0. The Morgan fingerprint density at radius 3 is 2.20 bits per heavy atom. The Hall–Kier alpha value is -1.85. The van der Waals surface area contributed by atoms with Crippen molar-refractivity contribution in [1.29, 1.82) is 0 Å². The fourth-order valence-corrected chi connectivity index (χ4v) is 2.85. The quantitative estimate of drug-likeness (QED) is 0.816. The third-order valence-corrected chi connectivity index (χ3v) is 4.26. The number of hydrogen-bond donors (Lipinski definition) is 0. The third-order valence-electron chi connectivity index (χ3n) is 2.57. The molecule has 0 aromatic heterocycles. The van der Waals surface area contributed by atoms with Crippen molar-refractivity contribution in [2.45, 2.75) is 4.90 Å². The Morgan fingerprint density at radius 2 is 1.65 bits per heavy atom. The zero-order valence-electron chi connectivity index (χ0n) is 10.7. The fraction of sp³-hybridized carbons (Fsp3) is 0.0714. The number of methoxy groups -OCH3 is 1. The first-order valence-electron chi connectivity index (χ1n) is 5.73. The lowest BCUT2D eigenvalue weighted by atomic mass is 10.2. The molecule has 104 valence electrons. The maximum Gasteiger partial charge on any atom is 0.283 e. The van der Waals surface area contributed by atoms with Crippen LogP contribution >= 0.6 is 11.6 Å². The minimum absolute atomic E-state index is 0.0866. The molecule has 0 saturated carbocycles. The Balaban J connectivity index is 2.34. The minimum Gasteiger partial charge on any atom is -0.497 e. The summed E-state index contributed by atoms with van der Waals surface area (Å²) in [5.74, 6) is 0.657. The van der Waals surface area contributed by atoms with E-state index in [4.69, 9.17) is 16.3 Å². The van der Waals surface area contributed by atoms with Crippen molar-refractivity contribution < 1.29 is 13.2 Å². The van der Waals surface area contributed by atoms with Gasteiger partial charge in [0.15, 0.2) is 0 Å². The van der Waals surface area contributed by atoms with Gasteiger partial charge < -0.3 is 4.74 Å². The van der Waals surface area contributed by atoms with Gasteiger partial charge in [0, 0.05) is 5.56 Å². The lowest BCUT2D eigenvalue weighted by Crippen LogP contribution is -2.01. The standard InChI is InChI=1S/C14H12ClNO3S/c1-19-12-9-7-11(8-10-12)14(15)16-20(17,18)13-5-3-2-4-6-13/h2-10H,1H3. The van der Waals surface area contributed by atoms with Crippen LogP contribution in [0.3, 0.4) is 0 Å². The number of rotatable bonds is 4. The molecule has 0 aliphatic rings. The van der Waals surface area contributed by atoms with Crippen LogP contribution in [0.1, 0.15) is 5.56 Å². The van der Waals surface area contributed by atoms with Crippen molar-refractivity contribution in [2.75, 3.05) is 7.11 Å². The molecule has 0 bridgehead atoms. The van der Waals surface area contributed by atoms with Crippen LogP contribution in [0.5, 0.6) is 5.75 Å². The summed E-state index contributed by atoms with van der Waals surface area (Å²) >= 11 is 5.97. The van der Waals surface area contributed by atoms with Gasteiger partial charge in [-0.25, -0.2) is 0 Å². The van der Waals surface area contributed by atoms with E-state index in [-0.39, 0.29) is 10.1 Å². The smallest absolute Gasteiger partial charge is 0.283 e. The van der Waals surface area contributed by atoms with Crippen LogP contribution in [0, 0.1) is 0 Å². The molecule has 0 aliphatic carbocycles. The first kappa shape index (κ1) is 14.6. The predicted molar refractivity (Wildman–Crippen MR) is 79.0 cm³/mol. The van der Waals surface area contributed by atoms with Crippen molar-refractivity contribution in [3.63, 3.8) is 0 Å². The molecule has 2 rings (SSSR count). The molecule has 0 heterocycles. The summed E-state index contributed by atoms with van der Waals surface area (Å²) in [6.45, 7) is 0. The van der Waals surface area contributed by atoms with Gasteiger partial charge in [-0.1, -0.05) is 29.8 Å². The van der Waals surface area contributed by atoms with E-state index in [9.17, 15) is 8.42 Å². The van der Waals surface area contributed by atoms with Crippen LogP contribution in [0.4, 0.5) is 0 Å². The first-order valence-corrected chi connectivity index (χ1v) is 7.55. The Labute approximate surface area is 122 Å². The van der Waals surface area contributed by atoms with Gasteiger partial charge in [0.1, 0.15) is 10.9 Å². The van der Waals surface area contributed by atoms with Crippen LogP contribution < -0.4 is 4.74 Å². The van der Waals surface area contributed by atoms with Crippen molar-refractivity contribution in [3.8, 4) is 5.75 Å². The van der Waals surface area contributed by atoms with Crippen molar-refractivity contribution in [2.24, 2.45) is 4.40 Å². The molecule has 20 heavy (non-hydrogen) atoms. The van der Waals surface area contributed by atoms with Gasteiger partial charge in [-0.05, 0) is 36.4 Å². The van der Waals surface area contributed by atoms with E-state index in [1.807, 2.05) is 0 Å². The second-order valence-corrected chi connectivity index (χ2v) is 5.86. The SMILES string of the molecule is COc1ccc(C(Cl)=NS(=O)(=O)c2ccccc2)cc1. The van der Waals surface area contributed by atoms with E-state index in [1.165, 1.54) is 12.1 Å². The summed E-state index contributed by atoms with van der Waals surface area (Å²) in [6, 6.07) is 14.6. The van der Waals surface area contributed by atoms with Gasteiger partial charge in [0.25, 0.3) is 10.0 Å². The predicted octanol–water partition coefficient (Wildman–Crippen LogP) is 3.07. The number of nitrogens with zero attached hydrogens (tertiary/aromatic N) is 1. The molecular formula is C14H12ClNO3S. The second-order valence-electron chi connectivity index (χ2n) is 3.90. The van der Waals surface area contributed by atoms with Crippen LogP contribution in [-0.2, 0) is 10.0 Å². The van der Waals surface area contributed by atoms with E-state index in [1.54, 1.807) is 49.6 Å². The van der Waals surface area contributed by atoms with Gasteiger partial charge in [0.05, 0.1) is 12.0 Å². The zero-order valence-corrected chi connectivity index (χ0v) is 12.2. The molecule has 0 spiro atoms. The Bertz CT molecular complexity index is 710. The van der Waals surface area contributed by atoms with E-state index in [0.29, 0.717) is 11.3 Å². The average molecular weight is 310 g/mol. The van der Waals surface area contributed by atoms with Crippen LogP contribution in [0.25, 0.3) is 0 Å². The number of ether oxygens (including phenoxy) is 1. The molecule has 0 radical (unpaired) electrons. The van der Waals surface area contributed by atoms with E-state index >= 15 is 0 Å². The Morgan fingerprint density at radius 1 is 1.05 bits per heavy atom. The van der Waals surface area contributed by atoms with E-state index < -0.39 is 10.0 Å². The number of hydrogen-bond acceptors (Lipinski definition) is 3. The first-order chi connectivity index (χ1) is 9.53. The lowest BCUT2D eigenvalue weighted by Gasteiger charge is -2.02. The molecule has 4 nitrogen and oxygen atoms in total. The van der Waals surface area contributed by atoms with Gasteiger partial charge >= 0.3 is 0 Å². The maximum atomic E-state index is 12.0. The molecule has 0 N–H and O–H groups in total. The molecule has 0 atom stereocenters. The van der Waals surface area contributed by atoms with E-state index in [0.717, 1.165) is 0 Å². The molecule has 0 fully saturated rings. The largest absolute Gasteiger partial charge is 0.497 e. The average Bonchev–Trinajstić information content (AvgIpc) is 2.48. The summed E-state index contributed by atoms with van der Waals surface area (Å²) in [6.07, 6.45) is 0. The van der Waals surface area contributed by atoms with Gasteiger partial charge in [-0.2, -0.15) is 8.42 Å². The van der Waals surface area contributed by atoms with Crippen LogP contribution in [-0.4, -0.2) is 20.7 Å². The van der Waals surface area contributed by atoms with Gasteiger partial charge in [-0.3, -0.25) is 0 Å². The lowest BCUT2D eigenvalue weighted by molar-refractivity contribution is 0.415. The molecule has 0 aliphatic heterocycles. The third kappa shape index (κ3) is 3.37. The molecule has 2 aromatic carbocycles. The molecule has 0 saturated heterocycles. The van der Waals surface area contributed by atoms with Crippen LogP contribution in [0.2, 0.25) is 0 Å². The second kappa shape index (κ2) is 6.07. The summed E-state index contributed by atoms with van der Waals surface area (Å²) in [4.78, 5) is 0.103. The van der Waals surface area contributed by atoms with Crippen molar-refractivity contribution in [1.82, 2.24) is 0 Å². The Kier molecular flexibility index (Phi) is 4.42. The zero-order chi connectivity index (χ0) is 14.6. The summed E-state index contributed by atoms with van der Waals surface area (Å²) < 4.78 is 32.7. The minimum atomic E-state index is -3.80. The normalized spacial score (nSPS) is 12.2. The molecule has 6 heteroatoms. The van der Waals surface area contributed by atoms with Crippen molar-refractivity contribution in [3.05, 3.63) is 60.2 Å². The molecule has 0 amide bonds. The topological polar surface area (TPSA) is 55.7 Å². The highest BCUT2D eigenvalue weighted by molar-refractivity contribution is 7.90. The van der Waals surface area contributed by atoms with Crippen LogP contribution in [0.15, 0.2) is 63.9 Å². The molecule has 0 unspecified atom stereocenters.